The molecule has 0 heterocycles. The van der Waals surface area contributed by atoms with Gasteiger partial charge in [0.2, 0.25) is 0 Å². The molecule has 82 valence electrons. The van der Waals surface area contributed by atoms with Crippen LogP contribution in [-0.4, -0.2) is 7.05 Å². The number of anilines is 3. The normalized spacial score (nSPS) is 9.88. The highest BCUT2D eigenvalue weighted by molar-refractivity contribution is 5.64. The maximum atomic E-state index is 3.37. The molecule has 2 aromatic carbocycles. The van der Waals surface area contributed by atoms with Crippen molar-refractivity contribution >= 4 is 17.1 Å². The summed E-state index contributed by atoms with van der Waals surface area (Å²) in [6.07, 6.45) is 0. The fraction of sp³-hybridized carbons (Fsp3) is 0.143. The first kappa shape index (κ1) is 10.6. The van der Waals surface area contributed by atoms with Crippen LogP contribution in [0.15, 0.2) is 48.5 Å². The SMILES string of the molecule is CNc1ccc(Nc2ccccc2)cc1C. The van der Waals surface area contributed by atoms with E-state index in [0.717, 1.165) is 11.4 Å². The van der Waals surface area contributed by atoms with E-state index in [0.29, 0.717) is 0 Å². The molecule has 2 heteroatoms. The first-order valence-electron chi connectivity index (χ1n) is 5.40. The third kappa shape index (κ3) is 2.34. The maximum absolute atomic E-state index is 3.37. The minimum Gasteiger partial charge on any atom is -0.388 e. The molecule has 0 aliphatic heterocycles. The van der Waals surface area contributed by atoms with Crippen molar-refractivity contribution in [2.24, 2.45) is 0 Å². The first-order valence-corrected chi connectivity index (χ1v) is 5.40. The van der Waals surface area contributed by atoms with Gasteiger partial charge in [-0.25, -0.2) is 0 Å². The van der Waals surface area contributed by atoms with Gasteiger partial charge in [-0.15, -0.1) is 0 Å². The third-order valence-electron chi connectivity index (χ3n) is 2.56. The van der Waals surface area contributed by atoms with Gasteiger partial charge in [0.15, 0.2) is 0 Å². The van der Waals surface area contributed by atoms with Crippen molar-refractivity contribution in [1.29, 1.82) is 0 Å². The Bertz CT molecular complexity index is 463. The van der Waals surface area contributed by atoms with Crippen LogP contribution in [0.25, 0.3) is 0 Å². The van der Waals surface area contributed by atoms with Gasteiger partial charge in [-0.3, -0.25) is 0 Å². The van der Waals surface area contributed by atoms with Crippen LogP contribution < -0.4 is 10.6 Å². The predicted molar refractivity (Wildman–Crippen MR) is 70.5 cm³/mol. The highest BCUT2D eigenvalue weighted by Crippen LogP contribution is 2.22. The van der Waals surface area contributed by atoms with Gasteiger partial charge in [-0.1, -0.05) is 18.2 Å². The summed E-state index contributed by atoms with van der Waals surface area (Å²) >= 11 is 0. The molecule has 2 rings (SSSR count). The summed E-state index contributed by atoms with van der Waals surface area (Å²) in [7, 11) is 1.94. The largest absolute Gasteiger partial charge is 0.388 e. The van der Waals surface area contributed by atoms with Gasteiger partial charge in [0.05, 0.1) is 0 Å². The van der Waals surface area contributed by atoms with Gasteiger partial charge in [0.1, 0.15) is 0 Å². The van der Waals surface area contributed by atoms with E-state index in [-0.39, 0.29) is 0 Å². The molecule has 0 spiro atoms. The van der Waals surface area contributed by atoms with Crippen molar-refractivity contribution in [3.8, 4) is 0 Å². The van der Waals surface area contributed by atoms with E-state index in [4.69, 9.17) is 0 Å². The molecule has 16 heavy (non-hydrogen) atoms. The van der Waals surface area contributed by atoms with E-state index in [1.165, 1.54) is 11.3 Å². The molecule has 2 aromatic rings. The molecule has 2 nitrogen and oxygen atoms in total. The summed E-state index contributed by atoms with van der Waals surface area (Å²) in [6.45, 7) is 2.10. The van der Waals surface area contributed by atoms with Crippen LogP contribution in [-0.2, 0) is 0 Å². The fourth-order valence-corrected chi connectivity index (χ4v) is 1.71. The molecule has 0 bridgehead atoms. The number of nitrogens with one attached hydrogen (secondary N) is 2. The van der Waals surface area contributed by atoms with Crippen molar-refractivity contribution in [3.05, 3.63) is 54.1 Å². The van der Waals surface area contributed by atoms with Crippen molar-refractivity contribution in [3.63, 3.8) is 0 Å². The van der Waals surface area contributed by atoms with Crippen LogP contribution in [0.4, 0.5) is 17.1 Å². The molecular formula is C14H16N2. The second-order valence-electron chi connectivity index (χ2n) is 3.77. The fourth-order valence-electron chi connectivity index (χ4n) is 1.71. The Morgan fingerprint density at radius 1 is 0.875 bits per heavy atom. The van der Waals surface area contributed by atoms with Crippen LogP contribution in [0.1, 0.15) is 5.56 Å². The van der Waals surface area contributed by atoms with E-state index in [9.17, 15) is 0 Å². The molecule has 0 saturated carbocycles. The van der Waals surface area contributed by atoms with E-state index >= 15 is 0 Å². The molecule has 0 fully saturated rings. The van der Waals surface area contributed by atoms with Crippen LogP contribution in [0.5, 0.6) is 0 Å². The van der Waals surface area contributed by atoms with E-state index in [2.05, 4.69) is 47.9 Å². The standard InChI is InChI=1S/C14H16N2/c1-11-10-13(8-9-14(11)15-2)16-12-6-4-3-5-7-12/h3-10,15-16H,1-2H3. The van der Waals surface area contributed by atoms with Gasteiger partial charge < -0.3 is 10.6 Å². The number of rotatable bonds is 3. The molecule has 0 radical (unpaired) electrons. The number of aryl methyl sites for hydroxylation is 1. The Labute approximate surface area is 96.3 Å². The molecule has 0 aliphatic rings. The Hall–Kier alpha value is -1.96. The number of benzene rings is 2. The lowest BCUT2D eigenvalue weighted by Gasteiger charge is -2.10. The minimum absolute atomic E-state index is 1.11. The van der Waals surface area contributed by atoms with Crippen molar-refractivity contribution in [1.82, 2.24) is 0 Å². The minimum atomic E-state index is 1.11. The molecule has 0 saturated heterocycles. The lowest BCUT2D eigenvalue weighted by Crippen LogP contribution is -1.94. The smallest absolute Gasteiger partial charge is 0.0388 e. The van der Waals surface area contributed by atoms with Crippen LogP contribution in [0.2, 0.25) is 0 Å². The summed E-state index contributed by atoms with van der Waals surface area (Å²) in [6, 6.07) is 16.5. The topological polar surface area (TPSA) is 24.1 Å². The van der Waals surface area contributed by atoms with Gasteiger partial charge in [0.25, 0.3) is 0 Å². The summed E-state index contributed by atoms with van der Waals surface area (Å²) in [4.78, 5) is 0. The Morgan fingerprint density at radius 3 is 2.25 bits per heavy atom. The zero-order valence-corrected chi connectivity index (χ0v) is 9.62. The van der Waals surface area contributed by atoms with Crippen molar-refractivity contribution < 1.29 is 0 Å². The lowest BCUT2D eigenvalue weighted by atomic mass is 10.1. The Balaban J connectivity index is 2.20. The number of hydrogen-bond acceptors (Lipinski definition) is 2. The predicted octanol–water partition coefficient (Wildman–Crippen LogP) is 3.78. The third-order valence-corrected chi connectivity index (χ3v) is 2.56. The van der Waals surface area contributed by atoms with Crippen molar-refractivity contribution in [2.45, 2.75) is 6.92 Å². The highest BCUT2D eigenvalue weighted by atomic mass is 14.9. The summed E-state index contributed by atoms with van der Waals surface area (Å²) < 4.78 is 0. The summed E-state index contributed by atoms with van der Waals surface area (Å²) in [5.41, 5.74) is 4.63. The second kappa shape index (κ2) is 4.71. The number of hydrogen-bond donors (Lipinski definition) is 2. The first-order chi connectivity index (χ1) is 7.79. The molecule has 0 aromatic heterocycles. The zero-order chi connectivity index (χ0) is 11.4. The summed E-state index contributed by atoms with van der Waals surface area (Å²) in [5.74, 6) is 0. The maximum Gasteiger partial charge on any atom is 0.0388 e. The molecule has 0 aliphatic carbocycles. The van der Waals surface area contributed by atoms with E-state index in [1.54, 1.807) is 0 Å². The van der Waals surface area contributed by atoms with Gasteiger partial charge >= 0.3 is 0 Å². The zero-order valence-electron chi connectivity index (χ0n) is 9.62. The van der Waals surface area contributed by atoms with E-state index in [1.807, 2.05) is 25.2 Å². The Kier molecular flexibility index (Phi) is 3.10. The average molecular weight is 212 g/mol. The molecule has 0 amide bonds. The molecule has 0 unspecified atom stereocenters. The highest BCUT2D eigenvalue weighted by Gasteiger charge is 1.98. The summed E-state index contributed by atoms with van der Waals surface area (Å²) in [5, 5.41) is 6.53. The second-order valence-corrected chi connectivity index (χ2v) is 3.77. The molecule has 0 atom stereocenters. The van der Waals surface area contributed by atoms with Gasteiger partial charge in [0, 0.05) is 24.1 Å². The Morgan fingerprint density at radius 2 is 1.62 bits per heavy atom. The van der Waals surface area contributed by atoms with Gasteiger partial charge in [-0.05, 0) is 42.8 Å². The van der Waals surface area contributed by atoms with Crippen LogP contribution >= 0.6 is 0 Å². The van der Waals surface area contributed by atoms with Crippen molar-refractivity contribution in [2.75, 3.05) is 17.7 Å². The number of para-hydroxylation sites is 1. The van der Waals surface area contributed by atoms with Gasteiger partial charge in [-0.2, -0.15) is 0 Å². The quantitative estimate of drug-likeness (QED) is 0.809. The lowest BCUT2D eigenvalue weighted by molar-refractivity contribution is 1.40. The average Bonchev–Trinajstić information content (AvgIpc) is 2.31. The molecular weight excluding hydrogens is 196 g/mol. The molecule has 2 N–H and O–H groups in total. The van der Waals surface area contributed by atoms with Crippen LogP contribution in [0.3, 0.4) is 0 Å². The van der Waals surface area contributed by atoms with Crippen LogP contribution in [0, 0.1) is 6.92 Å². The van der Waals surface area contributed by atoms with E-state index < -0.39 is 0 Å². The monoisotopic (exact) mass is 212 g/mol.